The topological polar surface area (TPSA) is 116 Å². The number of hydrogen-bond donors (Lipinski definition) is 4. The number of rotatable bonds is 7. The summed E-state index contributed by atoms with van der Waals surface area (Å²) in [5.74, 6) is 0. The summed E-state index contributed by atoms with van der Waals surface area (Å²) in [7, 11) is 0. The molecule has 1 amide bonds. The maximum atomic E-state index is 11.3. The Hall–Kier alpha value is -1.48. The van der Waals surface area contributed by atoms with Crippen molar-refractivity contribution in [1.82, 2.24) is 5.32 Å². The lowest BCUT2D eigenvalue weighted by atomic mass is 10.1. The van der Waals surface area contributed by atoms with Crippen LogP contribution in [0.5, 0.6) is 0 Å². The van der Waals surface area contributed by atoms with Crippen LogP contribution < -0.4 is 5.32 Å². The molecule has 0 radical (unpaired) electrons. The summed E-state index contributed by atoms with van der Waals surface area (Å²) in [6, 6.07) is 6.47. The summed E-state index contributed by atoms with van der Waals surface area (Å²) in [5.41, 5.74) is 0.889. The van der Waals surface area contributed by atoms with Crippen molar-refractivity contribution in [3.8, 4) is 0 Å². The maximum Gasteiger partial charge on any atom is 0.407 e. The van der Waals surface area contributed by atoms with Crippen LogP contribution in [0.2, 0.25) is 0 Å². The fraction of sp³-hybridized carbons (Fsp3) is 0.417. The van der Waals surface area contributed by atoms with E-state index in [1.54, 1.807) is 12.1 Å². The molecule has 1 aromatic rings. The molecule has 0 aliphatic carbocycles. The Labute approximate surface area is 118 Å². The number of alkyl carbamates (subject to hydrolysis) is 1. The van der Waals surface area contributed by atoms with Gasteiger partial charge in [0, 0.05) is 6.54 Å². The first kappa shape index (κ1) is 16.6. The molecule has 0 fully saturated rings. The summed E-state index contributed by atoms with van der Waals surface area (Å²) in [4.78, 5) is 11.6. The molecule has 0 saturated heterocycles. The van der Waals surface area contributed by atoms with E-state index in [2.05, 4.69) is 5.32 Å². The predicted molar refractivity (Wildman–Crippen MR) is 71.6 cm³/mol. The highest BCUT2D eigenvalue weighted by Gasteiger charge is 2.11. The van der Waals surface area contributed by atoms with Crippen LogP contribution in [0.4, 0.5) is 4.79 Å². The highest BCUT2D eigenvalue weighted by atomic mass is 32.2. The molecule has 20 heavy (non-hydrogen) atoms. The molecule has 0 heterocycles. The van der Waals surface area contributed by atoms with Gasteiger partial charge in [0.25, 0.3) is 0 Å². The van der Waals surface area contributed by atoms with E-state index in [0.717, 1.165) is 5.56 Å². The van der Waals surface area contributed by atoms with Gasteiger partial charge in [-0.1, -0.05) is 12.1 Å². The van der Waals surface area contributed by atoms with Crippen molar-refractivity contribution in [2.75, 3.05) is 19.8 Å². The van der Waals surface area contributed by atoms with Crippen molar-refractivity contribution in [2.24, 2.45) is 0 Å². The lowest BCUT2D eigenvalue weighted by molar-refractivity contribution is 0.0224. The van der Waals surface area contributed by atoms with Crippen LogP contribution in [0.3, 0.4) is 0 Å². The fourth-order valence-electron chi connectivity index (χ4n) is 1.41. The zero-order chi connectivity index (χ0) is 15.0. The average molecular weight is 303 g/mol. The number of aliphatic hydroxyl groups is 2. The molecular formula is C12H17NO6S. The Balaban J connectivity index is 2.33. The van der Waals surface area contributed by atoms with Crippen LogP contribution in [-0.2, 0) is 22.2 Å². The van der Waals surface area contributed by atoms with E-state index in [9.17, 15) is 9.00 Å². The SMILES string of the molecule is O=C(NCCc1ccc(S(=O)O)cc1)OC(CO)CO. The second kappa shape index (κ2) is 8.64. The van der Waals surface area contributed by atoms with Crippen LogP contribution in [-0.4, -0.2) is 50.9 Å². The quantitative estimate of drug-likeness (QED) is 0.522. The van der Waals surface area contributed by atoms with E-state index < -0.39 is 36.5 Å². The van der Waals surface area contributed by atoms with Gasteiger partial charge in [0.2, 0.25) is 0 Å². The minimum Gasteiger partial charge on any atom is -0.441 e. The third kappa shape index (κ3) is 5.66. The molecule has 1 atom stereocenters. The lowest BCUT2D eigenvalue weighted by Gasteiger charge is -2.13. The van der Waals surface area contributed by atoms with Gasteiger partial charge in [-0.3, -0.25) is 0 Å². The normalized spacial score (nSPS) is 12.2. The van der Waals surface area contributed by atoms with Gasteiger partial charge < -0.3 is 24.8 Å². The summed E-state index contributed by atoms with van der Waals surface area (Å²) in [5, 5.41) is 20.0. The number of ether oxygens (including phenoxy) is 1. The maximum absolute atomic E-state index is 11.3. The number of amides is 1. The highest BCUT2D eigenvalue weighted by molar-refractivity contribution is 7.79. The van der Waals surface area contributed by atoms with Crippen molar-refractivity contribution in [3.05, 3.63) is 29.8 Å². The molecule has 7 nitrogen and oxygen atoms in total. The van der Waals surface area contributed by atoms with E-state index in [0.29, 0.717) is 17.9 Å². The number of aliphatic hydroxyl groups excluding tert-OH is 2. The van der Waals surface area contributed by atoms with Gasteiger partial charge in [-0.2, -0.15) is 0 Å². The largest absolute Gasteiger partial charge is 0.441 e. The molecule has 1 unspecified atom stereocenters. The Kier molecular flexibility index (Phi) is 7.16. The molecule has 1 aromatic carbocycles. The minimum atomic E-state index is -2.00. The van der Waals surface area contributed by atoms with Crippen molar-refractivity contribution in [2.45, 2.75) is 17.4 Å². The van der Waals surface area contributed by atoms with Crippen LogP contribution >= 0.6 is 0 Å². The van der Waals surface area contributed by atoms with Crippen LogP contribution in [0.15, 0.2) is 29.2 Å². The Morgan fingerprint density at radius 3 is 2.35 bits per heavy atom. The third-order valence-corrected chi connectivity index (χ3v) is 3.16. The fourth-order valence-corrected chi connectivity index (χ4v) is 1.78. The molecule has 8 heteroatoms. The summed E-state index contributed by atoms with van der Waals surface area (Å²) in [6.07, 6.45) is -1.11. The van der Waals surface area contributed by atoms with Gasteiger partial charge in [-0.25, -0.2) is 9.00 Å². The van der Waals surface area contributed by atoms with E-state index >= 15 is 0 Å². The van der Waals surface area contributed by atoms with Gasteiger partial charge in [-0.05, 0) is 24.1 Å². The van der Waals surface area contributed by atoms with Crippen molar-refractivity contribution < 1.29 is 28.5 Å². The molecule has 0 aliphatic heterocycles. The lowest BCUT2D eigenvalue weighted by Crippen LogP contribution is -2.33. The zero-order valence-electron chi connectivity index (χ0n) is 10.7. The summed E-state index contributed by atoms with van der Waals surface area (Å²) in [6.45, 7) is -0.572. The Morgan fingerprint density at radius 2 is 1.85 bits per heavy atom. The van der Waals surface area contributed by atoms with Crippen LogP contribution in [0.25, 0.3) is 0 Å². The van der Waals surface area contributed by atoms with Gasteiger partial charge in [0.1, 0.15) is 6.10 Å². The summed E-state index contributed by atoms with van der Waals surface area (Å²) < 4.78 is 24.3. The number of benzene rings is 1. The van der Waals surface area contributed by atoms with Gasteiger partial charge in [0.05, 0.1) is 18.1 Å². The number of carbonyl (C=O) groups excluding carboxylic acids is 1. The summed E-state index contributed by atoms with van der Waals surface area (Å²) >= 11 is -2.00. The van der Waals surface area contributed by atoms with E-state index in [4.69, 9.17) is 19.5 Å². The highest BCUT2D eigenvalue weighted by Crippen LogP contribution is 2.07. The monoisotopic (exact) mass is 303 g/mol. The van der Waals surface area contributed by atoms with Gasteiger partial charge in [0.15, 0.2) is 11.1 Å². The predicted octanol–water partition coefficient (Wildman–Crippen LogP) is -0.111. The molecule has 0 aliphatic rings. The zero-order valence-corrected chi connectivity index (χ0v) is 11.5. The molecule has 0 spiro atoms. The molecule has 4 N–H and O–H groups in total. The number of hydrogen-bond acceptors (Lipinski definition) is 5. The Bertz CT molecular complexity index is 446. The minimum absolute atomic E-state index is 0.309. The van der Waals surface area contributed by atoms with Crippen molar-refractivity contribution in [1.29, 1.82) is 0 Å². The van der Waals surface area contributed by atoms with Crippen LogP contribution in [0, 0.1) is 0 Å². The molecule has 0 aromatic heterocycles. The molecule has 0 bridgehead atoms. The average Bonchev–Trinajstić information content (AvgIpc) is 2.45. The molecule has 1 rings (SSSR count). The second-order valence-corrected chi connectivity index (χ2v) is 4.93. The number of nitrogens with one attached hydrogen (secondary N) is 1. The van der Waals surface area contributed by atoms with Gasteiger partial charge >= 0.3 is 6.09 Å². The first-order chi connectivity index (χ1) is 9.56. The standard InChI is InChI=1S/C12H17NO6S/c14-7-10(8-15)19-12(16)13-6-5-9-1-3-11(4-2-9)20(17)18/h1-4,10,14-15H,5-8H2,(H,13,16)(H,17,18). The number of carbonyl (C=O) groups is 1. The smallest absolute Gasteiger partial charge is 0.407 e. The first-order valence-electron chi connectivity index (χ1n) is 5.92. The van der Waals surface area contributed by atoms with Crippen molar-refractivity contribution in [3.63, 3.8) is 0 Å². The van der Waals surface area contributed by atoms with Crippen molar-refractivity contribution >= 4 is 17.2 Å². The van der Waals surface area contributed by atoms with E-state index in [-0.39, 0.29) is 0 Å². The molecule has 0 saturated carbocycles. The van der Waals surface area contributed by atoms with E-state index in [1.807, 2.05) is 0 Å². The van der Waals surface area contributed by atoms with E-state index in [1.165, 1.54) is 12.1 Å². The molecule has 112 valence electrons. The first-order valence-corrected chi connectivity index (χ1v) is 7.03. The molecular weight excluding hydrogens is 286 g/mol. The second-order valence-electron chi connectivity index (χ2n) is 3.96. The Morgan fingerprint density at radius 1 is 1.25 bits per heavy atom. The third-order valence-electron chi connectivity index (χ3n) is 2.49. The van der Waals surface area contributed by atoms with Crippen LogP contribution in [0.1, 0.15) is 5.56 Å². The van der Waals surface area contributed by atoms with Gasteiger partial charge in [-0.15, -0.1) is 0 Å².